The van der Waals surface area contributed by atoms with Crippen LogP contribution in [0.25, 0.3) is 0 Å². The first-order chi connectivity index (χ1) is 10.2. The van der Waals surface area contributed by atoms with Gasteiger partial charge in [-0.05, 0) is 30.7 Å². The van der Waals surface area contributed by atoms with Gasteiger partial charge in [0.25, 0.3) is 0 Å². The van der Waals surface area contributed by atoms with Gasteiger partial charge in [-0.1, -0.05) is 31.2 Å². The summed E-state index contributed by atoms with van der Waals surface area (Å²) in [6.45, 7) is 1.96. The lowest BCUT2D eigenvalue weighted by atomic mass is 10.1. The number of rotatable bonds is 6. The third kappa shape index (κ3) is 4.93. The fourth-order valence-corrected chi connectivity index (χ4v) is 1.86. The second kappa shape index (κ2) is 7.45. The first-order valence-corrected chi connectivity index (χ1v) is 7.05. The van der Waals surface area contributed by atoms with E-state index >= 15 is 0 Å². The summed E-state index contributed by atoms with van der Waals surface area (Å²) >= 11 is 0. The van der Waals surface area contributed by atoms with E-state index in [0.29, 0.717) is 17.9 Å². The molecule has 0 aromatic heterocycles. The van der Waals surface area contributed by atoms with Crippen molar-refractivity contribution in [3.63, 3.8) is 0 Å². The van der Waals surface area contributed by atoms with E-state index in [9.17, 15) is 4.79 Å². The first kappa shape index (κ1) is 15.1. The minimum absolute atomic E-state index is 0.0822. The minimum Gasteiger partial charge on any atom is -0.457 e. The molecule has 4 heteroatoms. The molecule has 0 saturated carbocycles. The fraction of sp³-hybridized carbons (Fsp3) is 0.235. The molecule has 1 atom stereocenters. The Kier molecular flexibility index (Phi) is 5.35. The van der Waals surface area contributed by atoms with Crippen LogP contribution in [-0.4, -0.2) is 11.9 Å². The van der Waals surface area contributed by atoms with E-state index in [1.165, 1.54) is 0 Å². The highest BCUT2D eigenvalue weighted by Gasteiger charge is 2.08. The Morgan fingerprint density at radius 1 is 1.14 bits per heavy atom. The van der Waals surface area contributed by atoms with Gasteiger partial charge in [0.2, 0.25) is 5.91 Å². The zero-order valence-electron chi connectivity index (χ0n) is 12.1. The van der Waals surface area contributed by atoms with E-state index in [0.717, 1.165) is 12.2 Å². The molecule has 2 aromatic rings. The van der Waals surface area contributed by atoms with Gasteiger partial charge >= 0.3 is 0 Å². The Labute approximate surface area is 124 Å². The van der Waals surface area contributed by atoms with Crippen LogP contribution in [-0.2, 0) is 4.79 Å². The number of carbonyl (C=O) groups is 1. The molecule has 0 radical (unpaired) electrons. The third-order valence-corrected chi connectivity index (χ3v) is 3.07. The molecular formula is C17H20N2O2. The Hall–Kier alpha value is -2.33. The predicted molar refractivity (Wildman–Crippen MR) is 84.5 cm³/mol. The fourth-order valence-electron chi connectivity index (χ4n) is 1.86. The second-order valence-electron chi connectivity index (χ2n) is 4.86. The smallest absolute Gasteiger partial charge is 0.225 e. The van der Waals surface area contributed by atoms with Gasteiger partial charge in [0.1, 0.15) is 11.5 Å². The lowest BCUT2D eigenvalue weighted by molar-refractivity contribution is -0.116. The van der Waals surface area contributed by atoms with Gasteiger partial charge in [-0.25, -0.2) is 0 Å². The number of carbonyl (C=O) groups excluding carboxylic acids is 1. The Morgan fingerprint density at radius 3 is 2.57 bits per heavy atom. The predicted octanol–water partition coefficient (Wildman–Crippen LogP) is 3.54. The van der Waals surface area contributed by atoms with Gasteiger partial charge in [-0.3, -0.25) is 4.79 Å². The molecule has 0 fully saturated rings. The SMILES string of the molecule is CCC(N)CC(=O)Nc1cccc(Oc2ccccc2)c1. The molecule has 21 heavy (non-hydrogen) atoms. The summed E-state index contributed by atoms with van der Waals surface area (Å²) in [5, 5.41) is 2.83. The number of amides is 1. The summed E-state index contributed by atoms with van der Waals surface area (Å²) in [6.07, 6.45) is 1.10. The molecule has 3 N–H and O–H groups in total. The largest absolute Gasteiger partial charge is 0.457 e. The summed E-state index contributed by atoms with van der Waals surface area (Å²) in [5.74, 6) is 1.36. The standard InChI is InChI=1S/C17H20N2O2/c1-2-13(18)11-17(20)19-14-7-6-10-16(12-14)21-15-8-4-3-5-9-15/h3-10,12-13H,2,11,18H2,1H3,(H,19,20). The number of hydrogen-bond acceptors (Lipinski definition) is 3. The van der Waals surface area contributed by atoms with Crippen molar-refractivity contribution in [2.75, 3.05) is 5.32 Å². The normalized spacial score (nSPS) is 11.7. The van der Waals surface area contributed by atoms with Crippen molar-refractivity contribution in [2.24, 2.45) is 5.73 Å². The van der Waals surface area contributed by atoms with Crippen LogP contribution in [0, 0.1) is 0 Å². The number of para-hydroxylation sites is 1. The lowest BCUT2D eigenvalue weighted by Gasteiger charge is -2.11. The van der Waals surface area contributed by atoms with E-state index < -0.39 is 0 Å². The number of anilines is 1. The average Bonchev–Trinajstić information content (AvgIpc) is 2.48. The highest BCUT2D eigenvalue weighted by Crippen LogP contribution is 2.23. The maximum absolute atomic E-state index is 11.8. The zero-order valence-corrected chi connectivity index (χ0v) is 12.1. The van der Waals surface area contributed by atoms with E-state index in [-0.39, 0.29) is 11.9 Å². The molecular weight excluding hydrogens is 264 g/mol. The molecule has 0 heterocycles. The molecule has 0 saturated heterocycles. The van der Waals surface area contributed by atoms with E-state index in [1.807, 2.05) is 55.5 Å². The molecule has 0 spiro atoms. The van der Waals surface area contributed by atoms with Crippen molar-refractivity contribution < 1.29 is 9.53 Å². The van der Waals surface area contributed by atoms with Crippen molar-refractivity contribution in [1.82, 2.24) is 0 Å². The summed E-state index contributed by atoms with van der Waals surface area (Å²) in [4.78, 5) is 11.8. The quantitative estimate of drug-likeness (QED) is 0.852. The number of hydrogen-bond donors (Lipinski definition) is 2. The minimum atomic E-state index is -0.103. The molecule has 0 aliphatic heterocycles. The van der Waals surface area contributed by atoms with Crippen molar-refractivity contribution in [3.05, 3.63) is 54.6 Å². The molecule has 1 amide bonds. The molecule has 2 rings (SSSR count). The molecule has 110 valence electrons. The van der Waals surface area contributed by atoms with Gasteiger partial charge in [0.05, 0.1) is 0 Å². The van der Waals surface area contributed by atoms with Gasteiger partial charge in [-0.2, -0.15) is 0 Å². The number of nitrogens with two attached hydrogens (primary N) is 1. The van der Waals surface area contributed by atoms with E-state index in [1.54, 1.807) is 6.07 Å². The average molecular weight is 284 g/mol. The van der Waals surface area contributed by atoms with E-state index in [4.69, 9.17) is 10.5 Å². The zero-order chi connectivity index (χ0) is 15.1. The lowest BCUT2D eigenvalue weighted by Crippen LogP contribution is -2.26. The van der Waals surface area contributed by atoms with Crippen molar-refractivity contribution in [1.29, 1.82) is 0 Å². The topological polar surface area (TPSA) is 64.4 Å². The molecule has 4 nitrogen and oxygen atoms in total. The van der Waals surface area contributed by atoms with Gasteiger partial charge in [-0.15, -0.1) is 0 Å². The van der Waals surface area contributed by atoms with Crippen LogP contribution >= 0.6 is 0 Å². The van der Waals surface area contributed by atoms with Gasteiger partial charge < -0.3 is 15.8 Å². The molecule has 0 aliphatic rings. The van der Waals surface area contributed by atoms with Crippen LogP contribution < -0.4 is 15.8 Å². The highest BCUT2D eigenvalue weighted by molar-refractivity contribution is 5.91. The van der Waals surface area contributed by atoms with Crippen molar-refractivity contribution in [2.45, 2.75) is 25.8 Å². The Bertz CT molecular complexity index is 584. The van der Waals surface area contributed by atoms with Gasteiger partial charge in [0.15, 0.2) is 0 Å². The van der Waals surface area contributed by atoms with Crippen LogP contribution in [0.2, 0.25) is 0 Å². The third-order valence-electron chi connectivity index (χ3n) is 3.07. The van der Waals surface area contributed by atoms with Crippen LogP contribution in [0.5, 0.6) is 11.5 Å². The number of ether oxygens (including phenoxy) is 1. The monoisotopic (exact) mass is 284 g/mol. The summed E-state index contributed by atoms with van der Waals surface area (Å²) < 4.78 is 5.73. The maximum Gasteiger partial charge on any atom is 0.225 e. The van der Waals surface area contributed by atoms with Gasteiger partial charge in [0, 0.05) is 24.2 Å². The van der Waals surface area contributed by atoms with E-state index in [2.05, 4.69) is 5.32 Å². The van der Waals surface area contributed by atoms with Crippen LogP contribution in [0.1, 0.15) is 19.8 Å². The Balaban J connectivity index is 1.99. The molecule has 2 aromatic carbocycles. The van der Waals surface area contributed by atoms with Crippen LogP contribution in [0.4, 0.5) is 5.69 Å². The Morgan fingerprint density at radius 2 is 1.86 bits per heavy atom. The maximum atomic E-state index is 11.8. The number of benzene rings is 2. The van der Waals surface area contributed by atoms with Crippen molar-refractivity contribution >= 4 is 11.6 Å². The summed E-state index contributed by atoms with van der Waals surface area (Å²) in [5.41, 5.74) is 6.48. The highest BCUT2D eigenvalue weighted by atomic mass is 16.5. The molecule has 1 unspecified atom stereocenters. The van der Waals surface area contributed by atoms with Crippen LogP contribution in [0.3, 0.4) is 0 Å². The second-order valence-corrected chi connectivity index (χ2v) is 4.86. The molecule has 0 aliphatic carbocycles. The van der Waals surface area contributed by atoms with Crippen molar-refractivity contribution in [3.8, 4) is 11.5 Å². The molecule has 0 bridgehead atoms. The number of nitrogens with one attached hydrogen (secondary N) is 1. The summed E-state index contributed by atoms with van der Waals surface area (Å²) in [7, 11) is 0. The first-order valence-electron chi connectivity index (χ1n) is 7.05. The summed E-state index contributed by atoms with van der Waals surface area (Å²) in [6, 6.07) is 16.7. The van der Waals surface area contributed by atoms with Crippen LogP contribution in [0.15, 0.2) is 54.6 Å².